The van der Waals surface area contributed by atoms with Gasteiger partial charge in [0.1, 0.15) is 18.0 Å². The Morgan fingerprint density at radius 1 is 1.46 bits per heavy atom. The molecule has 0 atom stereocenters. The Balaban J connectivity index is 1.92. The van der Waals surface area contributed by atoms with E-state index in [1.54, 1.807) is 12.0 Å². The average Bonchev–Trinajstić information content (AvgIpc) is 2.74. The molecule has 1 aromatic heterocycles. The summed E-state index contributed by atoms with van der Waals surface area (Å²) in [6.45, 7) is 1.67. The van der Waals surface area contributed by atoms with E-state index >= 15 is 0 Å². The van der Waals surface area contributed by atoms with E-state index in [9.17, 15) is 9.18 Å². The first-order chi connectivity index (χ1) is 11.6. The van der Waals surface area contributed by atoms with E-state index in [4.69, 9.17) is 21.1 Å². The predicted molar refractivity (Wildman–Crippen MR) is 85.7 cm³/mol. The number of ether oxygens (including phenoxy) is 2. The standard InChI is InChI=1S/C16H15ClFN3O3/c1-23-6-4-21-5-7-24-15-11(16(21)22)9-19-14(20-15)10-2-3-13(18)12(17)8-10/h2-3,8-9H,4-7H2,1H3. The van der Waals surface area contributed by atoms with Crippen LogP contribution in [-0.4, -0.2) is 54.2 Å². The van der Waals surface area contributed by atoms with Gasteiger partial charge in [-0.3, -0.25) is 4.79 Å². The second kappa shape index (κ2) is 7.11. The predicted octanol–water partition coefficient (Wildman–Crippen LogP) is 2.42. The lowest BCUT2D eigenvalue weighted by molar-refractivity contribution is 0.0693. The summed E-state index contributed by atoms with van der Waals surface area (Å²) in [5.41, 5.74) is 0.835. The van der Waals surface area contributed by atoms with Crippen molar-refractivity contribution in [2.24, 2.45) is 0 Å². The van der Waals surface area contributed by atoms with Crippen molar-refractivity contribution in [1.82, 2.24) is 14.9 Å². The lowest BCUT2D eigenvalue weighted by Crippen LogP contribution is -2.35. The molecule has 1 aromatic carbocycles. The first kappa shape index (κ1) is 16.6. The van der Waals surface area contributed by atoms with Crippen LogP contribution in [0.15, 0.2) is 24.4 Å². The van der Waals surface area contributed by atoms with Gasteiger partial charge in [-0.05, 0) is 18.2 Å². The number of carbonyl (C=O) groups is 1. The molecule has 0 unspecified atom stereocenters. The van der Waals surface area contributed by atoms with Crippen LogP contribution in [0, 0.1) is 5.82 Å². The summed E-state index contributed by atoms with van der Waals surface area (Å²) in [6.07, 6.45) is 1.42. The maximum absolute atomic E-state index is 13.3. The molecule has 8 heteroatoms. The molecule has 3 rings (SSSR count). The summed E-state index contributed by atoms with van der Waals surface area (Å²) in [7, 11) is 1.58. The highest BCUT2D eigenvalue weighted by Gasteiger charge is 2.25. The van der Waals surface area contributed by atoms with Gasteiger partial charge in [0.25, 0.3) is 5.91 Å². The number of hydrogen-bond donors (Lipinski definition) is 0. The number of carbonyl (C=O) groups excluding carboxylic acids is 1. The third-order valence-corrected chi connectivity index (χ3v) is 3.90. The largest absolute Gasteiger partial charge is 0.475 e. The van der Waals surface area contributed by atoms with Crippen LogP contribution in [0.25, 0.3) is 11.4 Å². The van der Waals surface area contributed by atoms with Crippen LogP contribution in [0.1, 0.15) is 10.4 Å². The van der Waals surface area contributed by atoms with Crippen LogP contribution in [-0.2, 0) is 4.74 Å². The lowest BCUT2D eigenvalue weighted by atomic mass is 10.2. The monoisotopic (exact) mass is 351 g/mol. The molecule has 0 saturated heterocycles. The summed E-state index contributed by atoms with van der Waals surface area (Å²) >= 11 is 5.79. The van der Waals surface area contributed by atoms with Crippen molar-refractivity contribution >= 4 is 17.5 Å². The molecule has 0 saturated carbocycles. The molecule has 2 aromatic rings. The molecule has 0 bridgehead atoms. The van der Waals surface area contributed by atoms with Gasteiger partial charge in [0.05, 0.1) is 18.2 Å². The van der Waals surface area contributed by atoms with E-state index in [1.807, 2.05) is 0 Å². The van der Waals surface area contributed by atoms with E-state index in [0.29, 0.717) is 43.3 Å². The molecular formula is C16H15ClFN3O3. The number of fused-ring (bicyclic) bond motifs is 1. The van der Waals surface area contributed by atoms with Gasteiger partial charge in [-0.1, -0.05) is 11.6 Å². The fraction of sp³-hybridized carbons (Fsp3) is 0.312. The van der Waals surface area contributed by atoms with Crippen molar-refractivity contribution in [2.45, 2.75) is 0 Å². The zero-order chi connectivity index (χ0) is 17.1. The van der Waals surface area contributed by atoms with E-state index in [0.717, 1.165) is 0 Å². The van der Waals surface area contributed by atoms with Crippen molar-refractivity contribution < 1.29 is 18.7 Å². The van der Waals surface area contributed by atoms with Gasteiger partial charge in [-0.15, -0.1) is 0 Å². The van der Waals surface area contributed by atoms with Crippen molar-refractivity contribution in [3.63, 3.8) is 0 Å². The van der Waals surface area contributed by atoms with E-state index in [2.05, 4.69) is 9.97 Å². The molecule has 1 aliphatic heterocycles. The first-order valence-electron chi connectivity index (χ1n) is 7.33. The second-order valence-electron chi connectivity index (χ2n) is 5.17. The molecule has 0 N–H and O–H groups in total. The molecule has 0 spiro atoms. The summed E-state index contributed by atoms with van der Waals surface area (Å²) in [5, 5.41) is -0.0196. The molecule has 126 valence electrons. The van der Waals surface area contributed by atoms with Crippen molar-refractivity contribution in [1.29, 1.82) is 0 Å². The van der Waals surface area contributed by atoms with Crippen LogP contribution >= 0.6 is 11.6 Å². The van der Waals surface area contributed by atoms with Crippen LogP contribution in [0.2, 0.25) is 5.02 Å². The molecule has 6 nitrogen and oxygen atoms in total. The van der Waals surface area contributed by atoms with Gasteiger partial charge in [-0.2, -0.15) is 4.98 Å². The molecule has 0 radical (unpaired) electrons. The summed E-state index contributed by atoms with van der Waals surface area (Å²) in [4.78, 5) is 22.6. The number of aromatic nitrogens is 2. The topological polar surface area (TPSA) is 64.6 Å². The van der Waals surface area contributed by atoms with Gasteiger partial charge in [0.2, 0.25) is 5.88 Å². The Morgan fingerprint density at radius 2 is 2.29 bits per heavy atom. The molecule has 0 fully saturated rings. The number of methoxy groups -OCH3 is 1. The highest BCUT2D eigenvalue weighted by Crippen LogP contribution is 2.26. The average molecular weight is 352 g/mol. The molecule has 2 heterocycles. The fourth-order valence-electron chi connectivity index (χ4n) is 2.34. The minimum atomic E-state index is -0.518. The van der Waals surface area contributed by atoms with Crippen LogP contribution in [0.3, 0.4) is 0 Å². The summed E-state index contributed by atoms with van der Waals surface area (Å²) in [5.74, 6) is -0.196. The molecule has 24 heavy (non-hydrogen) atoms. The number of halogens is 2. The Morgan fingerprint density at radius 3 is 3.04 bits per heavy atom. The normalized spacial score (nSPS) is 14.1. The number of rotatable bonds is 4. The van der Waals surface area contributed by atoms with Gasteiger partial charge >= 0.3 is 0 Å². The third-order valence-electron chi connectivity index (χ3n) is 3.61. The van der Waals surface area contributed by atoms with Crippen LogP contribution < -0.4 is 4.74 Å². The minimum absolute atomic E-state index is 0.0196. The smallest absolute Gasteiger partial charge is 0.261 e. The molecule has 1 amide bonds. The SMILES string of the molecule is COCCN1CCOc2nc(-c3ccc(F)c(Cl)c3)ncc2C1=O. The van der Waals surface area contributed by atoms with E-state index in [1.165, 1.54) is 24.4 Å². The Labute approximate surface area is 143 Å². The summed E-state index contributed by atoms with van der Waals surface area (Å²) in [6, 6.07) is 4.19. The van der Waals surface area contributed by atoms with Crippen LogP contribution in [0.4, 0.5) is 4.39 Å². The summed E-state index contributed by atoms with van der Waals surface area (Å²) < 4.78 is 23.9. The van der Waals surface area contributed by atoms with Crippen molar-refractivity contribution in [2.75, 3.05) is 33.4 Å². The molecular weight excluding hydrogens is 337 g/mol. The highest BCUT2D eigenvalue weighted by molar-refractivity contribution is 6.31. The molecule has 0 aliphatic carbocycles. The number of amides is 1. The second-order valence-corrected chi connectivity index (χ2v) is 5.58. The van der Waals surface area contributed by atoms with E-state index < -0.39 is 5.82 Å². The number of nitrogens with zero attached hydrogens (tertiary/aromatic N) is 3. The van der Waals surface area contributed by atoms with Crippen LogP contribution in [0.5, 0.6) is 5.88 Å². The zero-order valence-corrected chi connectivity index (χ0v) is 13.7. The van der Waals surface area contributed by atoms with Crippen molar-refractivity contribution in [3.8, 4) is 17.3 Å². The van der Waals surface area contributed by atoms with Gasteiger partial charge in [-0.25, -0.2) is 9.37 Å². The Hall–Kier alpha value is -2.25. The molecule has 1 aliphatic rings. The van der Waals surface area contributed by atoms with Crippen molar-refractivity contribution in [3.05, 3.63) is 40.8 Å². The van der Waals surface area contributed by atoms with E-state index in [-0.39, 0.29) is 16.8 Å². The first-order valence-corrected chi connectivity index (χ1v) is 7.71. The van der Waals surface area contributed by atoms with Gasteiger partial charge in [0, 0.05) is 25.4 Å². The Bertz CT molecular complexity index is 772. The zero-order valence-electron chi connectivity index (χ0n) is 13.0. The Kier molecular flexibility index (Phi) is 4.92. The lowest BCUT2D eigenvalue weighted by Gasteiger charge is -2.18. The quantitative estimate of drug-likeness (QED) is 0.846. The van der Waals surface area contributed by atoms with Gasteiger partial charge < -0.3 is 14.4 Å². The fourth-order valence-corrected chi connectivity index (χ4v) is 2.52. The maximum Gasteiger partial charge on any atom is 0.261 e. The minimum Gasteiger partial charge on any atom is -0.475 e. The highest BCUT2D eigenvalue weighted by atomic mass is 35.5. The maximum atomic E-state index is 13.3. The third kappa shape index (κ3) is 3.32. The number of benzene rings is 1. The number of hydrogen-bond acceptors (Lipinski definition) is 5. The van der Waals surface area contributed by atoms with Gasteiger partial charge in [0.15, 0.2) is 5.82 Å².